The van der Waals surface area contributed by atoms with Gasteiger partial charge in [0, 0.05) is 5.02 Å². The molecule has 1 aromatic rings. The number of carboxylic acids is 1. The summed E-state index contributed by atoms with van der Waals surface area (Å²) in [5.74, 6) is -1.63. The lowest BCUT2D eigenvalue weighted by molar-refractivity contribution is -0.141. The van der Waals surface area contributed by atoms with Gasteiger partial charge in [-0.15, -0.1) is 0 Å². The van der Waals surface area contributed by atoms with E-state index < -0.39 is 11.9 Å². The van der Waals surface area contributed by atoms with Crippen LogP contribution in [0.5, 0.6) is 0 Å². The van der Waals surface area contributed by atoms with Crippen molar-refractivity contribution < 1.29 is 14.3 Å². The molecule has 1 N–H and O–H groups in total. The molecule has 1 aromatic carbocycles. The van der Waals surface area contributed by atoms with E-state index in [1.54, 1.807) is 6.92 Å². The van der Waals surface area contributed by atoms with Crippen molar-refractivity contribution in [2.45, 2.75) is 19.8 Å². The van der Waals surface area contributed by atoms with Gasteiger partial charge in [-0.1, -0.05) is 18.5 Å². The van der Waals surface area contributed by atoms with Gasteiger partial charge in [-0.05, 0) is 36.6 Å². The highest BCUT2D eigenvalue weighted by atomic mass is 35.5. The van der Waals surface area contributed by atoms with Crippen molar-refractivity contribution in [2.75, 3.05) is 0 Å². The number of rotatable bonds is 4. The fraction of sp³-hybridized carbons (Fsp3) is 0.364. The van der Waals surface area contributed by atoms with Gasteiger partial charge in [-0.3, -0.25) is 4.79 Å². The van der Waals surface area contributed by atoms with Crippen molar-refractivity contribution in [1.82, 2.24) is 0 Å². The number of carbonyl (C=O) groups is 1. The highest BCUT2D eigenvalue weighted by molar-refractivity contribution is 6.31. The zero-order valence-electron chi connectivity index (χ0n) is 8.34. The van der Waals surface area contributed by atoms with Crippen LogP contribution in [0.2, 0.25) is 5.02 Å². The second-order valence-corrected chi connectivity index (χ2v) is 3.92. The Morgan fingerprint density at radius 1 is 1.60 bits per heavy atom. The fourth-order valence-electron chi connectivity index (χ4n) is 1.23. The predicted molar refractivity (Wildman–Crippen MR) is 56.5 cm³/mol. The quantitative estimate of drug-likeness (QED) is 0.863. The summed E-state index contributed by atoms with van der Waals surface area (Å²) < 4.78 is 12.9. The Morgan fingerprint density at radius 2 is 2.27 bits per heavy atom. The van der Waals surface area contributed by atoms with E-state index in [2.05, 4.69) is 0 Å². The molecule has 4 heteroatoms. The van der Waals surface area contributed by atoms with Gasteiger partial charge in [0.15, 0.2) is 0 Å². The number of benzene rings is 1. The van der Waals surface area contributed by atoms with Gasteiger partial charge < -0.3 is 5.11 Å². The minimum atomic E-state index is -0.845. The summed E-state index contributed by atoms with van der Waals surface area (Å²) in [7, 11) is 0. The topological polar surface area (TPSA) is 37.3 Å². The van der Waals surface area contributed by atoms with E-state index in [1.807, 2.05) is 0 Å². The van der Waals surface area contributed by atoms with Gasteiger partial charge in [0.05, 0.1) is 5.92 Å². The normalized spacial score (nSPS) is 12.5. The third-order valence-electron chi connectivity index (χ3n) is 2.28. The molecule has 1 atom stereocenters. The Balaban J connectivity index is 2.65. The van der Waals surface area contributed by atoms with Gasteiger partial charge in [0.2, 0.25) is 0 Å². The zero-order valence-corrected chi connectivity index (χ0v) is 9.09. The summed E-state index contributed by atoms with van der Waals surface area (Å²) in [4.78, 5) is 10.6. The Labute approximate surface area is 92.7 Å². The third-order valence-corrected chi connectivity index (χ3v) is 2.64. The Morgan fingerprint density at radius 3 is 2.87 bits per heavy atom. The smallest absolute Gasteiger partial charge is 0.306 e. The van der Waals surface area contributed by atoms with Gasteiger partial charge in [-0.2, -0.15) is 0 Å². The van der Waals surface area contributed by atoms with Crippen molar-refractivity contribution in [2.24, 2.45) is 5.92 Å². The molecule has 1 unspecified atom stereocenters. The maximum absolute atomic E-state index is 12.9. The molecular weight excluding hydrogens is 219 g/mol. The molecule has 0 aliphatic rings. The van der Waals surface area contributed by atoms with Gasteiger partial charge >= 0.3 is 5.97 Å². The van der Waals surface area contributed by atoms with Crippen LogP contribution in [-0.2, 0) is 11.2 Å². The van der Waals surface area contributed by atoms with Crippen LogP contribution in [0, 0.1) is 11.7 Å². The van der Waals surface area contributed by atoms with Crippen LogP contribution >= 0.6 is 11.6 Å². The molecule has 0 aromatic heterocycles. The van der Waals surface area contributed by atoms with Gasteiger partial charge in [-0.25, -0.2) is 4.39 Å². The predicted octanol–water partition coefficient (Wildman–Crippen LogP) is 3.13. The summed E-state index contributed by atoms with van der Waals surface area (Å²) in [6.45, 7) is 1.62. The van der Waals surface area contributed by atoms with Crippen molar-refractivity contribution in [3.63, 3.8) is 0 Å². The van der Waals surface area contributed by atoms with Crippen LogP contribution < -0.4 is 0 Å². The van der Waals surface area contributed by atoms with E-state index >= 15 is 0 Å². The van der Waals surface area contributed by atoms with Crippen LogP contribution in [0.4, 0.5) is 4.39 Å². The highest BCUT2D eigenvalue weighted by Gasteiger charge is 2.11. The lowest BCUT2D eigenvalue weighted by Gasteiger charge is -2.07. The molecule has 1 rings (SSSR count). The van der Waals surface area contributed by atoms with Crippen LogP contribution in [0.1, 0.15) is 18.9 Å². The molecule has 15 heavy (non-hydrogen) atoms. The standard InChI is InChI=1S/C11H12ClFO2/c1-7(11(14)15)2-3-8-6-9(13)4-5-10(8)12/h4-7H,2-3H2,1H3,(H,14,15). The molecule has 2 nitrogen and oxygen atoms in total. The summed E-state index contributed by atoms with van der Waals surface area (Å²) in [5.41, 5.74) is 0.657. The average molecular weight is 231 g/mol. The first-order chi connectivity index (χ1) is 7.00. The minimum absolute atomic E-state index is 0.350. The first-order valence-electron chi connectivity index (χ1n) is 4.67. The summed E-state index contributed by atoms with van der Waals surface area (Å²) in [5, 5.41) is 9.16. The van der Waals surface area contributed by atoms with E-state index in [4.69, 9.17) is 16.7 Å². The first kappa shape index (κ1) is 12.0. The van der Waals surface area contributed by atoms with E-state index in [9.17, 15) is 9.18 Å². The number of hydrogen-bond donors (Lipinski definition) is 1. The molecule has 0 amide bonds. The number of carboxylic acid groups (broad SMARTS) is 1. The van der Waals surface area contributed by atoms with Gasteiger partial charge in [0.25, 0.3) is 0 Å². The molecule has 0 aliphatic heterocycles. The molecule has 0 bridgehead atoms. The van der Waals surface area contributed by atoms with Crippen LogP contribution in [0.25, 0.3) is 0 Å². The average Bonchev–Trinajstić information content (AvgIpc) is 2.18. The molecule has 0 aliphatic carbocycles. The minimum Gasteiger partial charge on any atom is -0.481 e. The third kappa shape index (κ3) is 3.51. The molecule has 0 saturated heterocycles. The lowest BCUT2D eigenvalue weighted by atomic mass is 10.0. The molecule has 0 spiro atoms. The maximum atomic E-state index is 12.9. The fourth-order valence-corrected chi connectivity index (χ4v) is 1.44. The zero-order chi connectivity index (χ0) is 11.4. The molecular formula is C11H12ClFO2. The second-order valence-electron chi connectivity index (χ2n) is 3.51. The molecule has 0 radical (unpaired) electrons. The number of aliphatic carboxylic acids is 1. The van der Waals surface area contributed by atoms with Gasteiger partial charge in [0.1, 0.15) is 5.82 Å². The molecule has 0 fully saturated rings. The second kappa shape index (κ2) is 5.12. The van der Waals surface area contributed by atoms with E-state index in [1.165, 1.54) is 18.2 Å². The summed E-state index contributed by atoms with van der Waals surface area (Å²) in [6.07, 6.45) is 0.933. The maximum Gasteiger partial charge on any atom is 0.306 e. The lowest BCUT2D eigenvalue weighted by Crippen LogP contribution is -2.10. The highest BCUT2D eigenvalue weighted by Crippen LogP contribution is 2.20. The van der Waals surface area contributed by atoms with Crippen molar-refractivity contribution in [1.29, 1.82) is 0 Å². The number of halogens is 2. The van der Waals surface area contributed by atoms with E-state index in [-0.39, 0.29) is 5.82 Å². The Bertz CT molecular complexity index is 366. The van der Waals surface area contributed by atoms with Crippen molar-refractivity contribution >= 4 is 17.6 Å². The van der Waals surface area contributed by atoms with E-state index in [0.717, 1.165) is 0 Å². The molecule has 0 heterocycles. The summed E-state index contributed by atoms with van der Waals surface area (Å²) >= 11 is 5.85. The van der Waals surface area contributed by atoms with E-state index in [0.29, 0.717) is 23.4 Å². The Hall–Kier alpha value is -1.09. The monoisotopic (exact) mass is 230 g/mol. The van der Waals surface area contributed by atoms with Crippen LogP contribution in [0.3, 0.4) is 0 Å². The molecule has 82 valence electrons. The number of hydrogen-bond acceptors (Lipinski definition) is 1. The Kier molecular flexibility index (Phi) is 4.09. The van der Waals surface area contributed by atoms with Crippen molar-refractivity contribution in [3.05, 3.63) is 34.6 Å². The van der Waals surface area contributed by atoms with Crippen molar-refractivity contribution in [3.8, 4) is 0 Å². The SMILES string of the molecule is CC(CCc1cc(F)ccc1Cl)C(=O)O. The summed E-state index contributed by atoms with van der Waals surface area (Å²) in [6, 6.07) is 4.11. The van der Waals surface area contributed by atoms with Crippen LogP contribution in [-0.4, -0.2) is 11.1 Å². The van der Waals surface area contributed by atoms with Crippen LogP contribution in [0.15, 0.2) is 18.2 Å². The first-order valence-corrected chi connectivity index (χ1v) is 5.05. The molecule has 0 saturated carbocycles. The number of aryl methyl sites for hydroxylation is 1. The largest absolute Gasteiger partial charge is 0.481 e.